The first-order valence-electron chi connectivity index (χ1n) is 9.15. The van der Waals surface area contributed by atoms with Gasteiger partial charge in [-0.25, -0.2) is 0 Å². The van der Waals surface area contributed by atoms with Crippen LogP contribution >= 0.6 is 11.6 Å². The van der Waals surface area contributed by atoms with Crippen LogP contribution in [0.2, 0.25) is 5.02 Å². The van der Waals surface area contributed by atoms with Gasteiger partial charge >= 0.3 is 0 Å². The zero-order valence-corrected chi connectivity index (χ0v) is 15.9. The molecule has 1 aromatic carbocycles. The van der Waals surface area contributed by atoms with E-state index in [-0.39, 0.29) is 12.0 Å². The Balaban J connectivity index is 2.18. The van der Waals surface area contributed by atoms with E-state index in [9.17, 15) is 5.11 Å². The molecule has 1 N–H and O–H groups in total. The second-order valence-electron chi connectivity index (χ2n) is 7.05. The van der Waals surface area contributed by atoms with Crippen molar-refractivity contribution in [3.8, 4) is 0 Å². The summed E-state index contributed by atoms with van der Waals surface area (Å²) < 4.78 is 0. The summed E-state index contributed by atoms with van der Waals surface area (Å²) in [6.45, 7) is 6.18. The normalized spacial score (nSPS) is 19.6. The van der Waals surface area contributed by atoms with E-state index in [4.69, 9.17) is 11.6 Å². The number of allylic oxidation sites excluding steroid dienone is 1. The molecule has 0 saturated heterocycles. The summed E-state index contributed by atoms with van der Waals surface area (Å²) in [5.74, 6) is 0.731. The van der Waals surface area contributed by atoms with Crippen molar-refractivity contribution in [2.24, 2.45) is 10.9 Å². The lowest BCUT2D eigenvalue weighted by molar-refractivity contribution is 0.0721. The highest BCUT2D eigenvalue weighted by atomic mass is 35.5. The quantitative estimate of drug-likeness (QED) is 0.608. The largest absolute Gasteiger partial charge is 0.393 e. The molecule has 0 radical (unpaired) electrons. The molecule has 0 aliphatic heterocycles. The molecule has 1 saturated carbocycles. The van der Waals surface area contributed by atoms with Gasteiger partial charge in [-0.1, -0.05) is 43.9 Å². The summed E-state index contributed by atoms with van der Waals surface area (Å²) >= 11 is 6.24. The summed E-state index contributed by atoms with van der Waals surface area (Å²) in [5, 5.41) is 11.4. The number of nitrogens with zero attached hydrogens (tertiary/aromatic N) is 1. The number of rotatable bonds is 6. The summed E-state index contributed by atoms with van der Waals surface area (Å²) in [4.78, 5) is 4.24. The minimum atomic E-state index is -0.218. The highest BCUT2D eigenvalue weighted by Crippen LogP contribution is 2.35. The van der Waals surface area contributed by atoms with Crippen molar-refractivity contribution in [1.82, 2.24) is 0 Å². The van der Waals surface area contributed by atoms with Crippen LogP contribution in [-0.4, -0.2) is 17.4 Å². The third-order valence-electron chi connectivity index (χ3n) is 5.18. The van der Waals surface area contributed by atoms with Gasteiger partial charge in [-0.2, -0.15) is 0 Å². The molecule has 2 unspecified atom stereocenters. The second-order valence-corrected chi connectivity index (χ2v) is 7.49. The fourth-order valence-electron chi connectivity index (χ4n) is 3.76. The van der Waals surface area contributed by atoms with Gasteiger partial charge in [-0.15, -0.1) is 0 Å². The molecule has 0 heterocycles. The zero-order chi connectivity index (χ0) is 17.5. The van der Waals surface area contributed by atoms with Crippen molar-refractivity contribution in [3.05, 3.63) is 40.5 Å². The first kappa shape index (κ1) is 19.2. The molecule has 1 aliphatic carbocycles. The molecule has 2 nitrogen and oxygen atoms in total. The standard InChI is InChI=1S/C21H30ClNO/c1-4-23-14-16(3)19-11-10-18(22)13-20(19)15(2)12-21(24)17-8-6-5-7-9-17/h4,10-11,13-15,17,21,24H,5-9,12H2,1-3H3/b16-14+,23-4?. The lowest BCUT2D eigenvalue weighted by atomic mass is 9.80. The highest BCUT2D eigenvalue weighted by Gasteiger charge is 2.24. The number of aliphatic imine (C=N–C) groups is 1. The number of aliphatic hydroxyl groups is 1. The fourth-order valence-corrected chi connectivity index (χ4v) is 3.94. The Morgan fingerprint density at radius 2 is 2.04 bits per heavy atom. The maximum atomic E-state index is 10.7. The topological polar surface area (TPSA) is 32.6 Å². The summed E-state index contributed by atoms with van der Waals surface area (Å²) in [5.41, 5.74) is 3.50. The number of aliphatic hydroxyl groups excluding tert-OH is 1. The predicted octanol–water partition coefficient (Wildman–Crippen LogP) is 6.23. The lowest BCUT2D eigenvalue weighted by Crippen LogP contribution is -2.24. The number of hydrogen-bond acceptors (Lipinski definition) is 2. The van der Waals surface area contributed by atoms with Gasteiger partial charge < -0.3 is 5.11 Å². The van der Waals surface area contributed by atoms with Gasteiger partial charge in [0.1, 0.15) is 0 Å². The number of hydrogen-bond donors (Lipinski definition) is 1. The van der Waals surface area contributed by atoms with Gasteiger partial charge in [0.05, 0.1) is 6.10 Å². The molecule has 2 atom stereocenters. The summed E-state index contributed by atoms with van der Waals surface area (Å²) in [6.07, 6.45) is 10.4. The van der Waals surface area contributed by atoms with Crippen LogP contribution in [0.5, 0.6) is 0 Å². The van der Waals surface area contributed by atoms with Crippen LogP contribution in [-0.2, 0) is 0 Å². The third kappa shape index (κ3) is 5.19. The van der Waals surface area contributed by atoms with Crippen LogP contribution < -0.4 is 0 Å². The van der Waals surface area contributed by atoms with Crippen LogP contribution in [0, 0.1) is 5.92 Å². The van der Waals surface area contributed by atoms with E-state index in [2.05, 4.69) is 24.9 Å². The molecule has 3 heteroatoms. The van der Waals surface area contributed by atoms with Gasteiger partial charge in [0.25, 0.3) is 0 Å². The van der Waals surface area contributed by atoms with Gasteiger partial charge in [-0.05, 0) is 73.8 Å². The first-order chi connectivity index (χ1) is 11.5. The lowest BCUT2D eigenvalue weighted by Gasteiger charge is -2.29. The zero-order valence-electron chi connectivity index (χ0n) is 15.1. The Hall–Kier alpha value is -1.12. The van der Waals surface area contributed by atoms with Gasteiger partial charge in [0.2, 0.25) is 0 Å². The molecule has 24 heavy (non-hydrogen) atoms. The Kier molecular flexibility index (Phi) is 7.51. The average molecular weight is 348 g/mol. The fraction of sp³-hybridized carbons (Fsp3) is 0.571. The maximum absolute atomic E-state index is 10.7. The summed E-state index contributed by atoms with van der Waals surface area (Å²) in [7, 11) is 0. The Bertz CT molecular complexity index is 588. The summed E-state index contributed by atoms with van der Waals surface area (Å²) in [6, 6.07) is 6.04. The van der Waals surface area contributed by atoms with E-state index in [1.54, 1.807) is 6.21 Å². The minimum Gasteiger partial charge on any atom is -0.393 e. The van der Waals surface area contributed by atoms with E-state index >= 15 is 0 Å². The molecule has 1 aromatic rings. The van der Waals surface area contributed by atoms with E-state index in [0.29, 0.717) is 5.92 Å². The van der Waals surface area contributed by atoms with Crippen molar-refractivity contribution in [2.75, 3.05) is 0 Å². The monoisotopic (exact) mass is 347 g/mol. The van der Waals surface area contributed by atoms with Gasteiger partial charge in [0, 0.05) is 17.4 Å². The van der Waals surface area contributed by atoms with Crippen molar-refractivity contribution in [1.29, 1.82) is 0 Å². The van der Waals surface area contributed by atoms with E-state index in [1.165, 1.54) is 43.2 Å². The van der Waals surface area contributed by atoms with Gasteiger partial charge in [-0.3, -0.25) is 4.99 Å². The number of halogens is 1. The number of benzene rings is 1. The Morgan fingerprint density at radius 1 is 1.33 bits per heavy atom. The molecule has 0 bridgehead atoms. The van der Waals surface area contributed by atoms with Crippen molar-refractivity contribution in [3.63, 3.8) is 0 Å². The average Bonchev–Trinajstić information content (AvgIpc) is 2.60. The van der Waals surface area contributed by atoms with Crippen LogP contribution in [0.3, 0.4) is 0 Å². The molecule has 0 aromatic heterocycles. The van der Waals surface area contributed by atoms with Crippen LogP contribution in [0.4, 0.5) is 0 Å². The molecule has 2 rings (SSSR count). The molecule has 1 fully saturated rings. The van der Waals surface area contributed by atoms with Crippen LogP contribution in [0.1, 0.15) is 76.3 Å². The van der Waals surface area contributed by atoms with E-state index < -0.39 is 0 Å². The van der Waals surface area contributed by atoms with Gasteiger partial charge in [0.15, 0.2) is 0 Å². The third-order valence-corrected chi connectivity index (χ3v) is 5.41. The Labute approximate surface area is 151 Å². The molecular weight excluding hydrogens is 318 g/mol. The first-order valence-corrected chi connectivity index (χ1v) is 9.53. The molecule has 0 spiro atoms. The van der Waals surface area contributed by atoms with Crippen LogP contribution in [0.15, 0.2) is 29.4 Å². The van der Waals surface area contributed by atoms with Crippen molar-refractivity contribution in [2.45, 2.75) is 71.3 Å². The second kappa shape index (κ2) is 9.39. The molecular formula is C21H30ClNO. The Morgan fingerprint density at radius 3 is 2.71 bits per heavy atom. The maximum Gasteiger partial charge on any atom is 0.0574 e. The smallest absolute Gasteiger partial charge is 0.0574 e. The molecule has 0 amide bonds. The highest BCUT2D eigenvalue weighted by molar-refractivity contribution is 6.30. The molecule has 1 aliphatic rings. The van der Waals surface area contributed by atoms with E-state index in [1.807, 2.05) is 25.3 Å². The van der Waals surface area contributed by atoms with E-state index in [0.717, 1.165) is 17.0 Å². The SMILES string of the molecule is CC=N/C=C(\C)c1ccc(Cl)cc1C(C)CC(O)C1CCCCC1. The minimum absolute atomic E-state index is 0.218. The van der Waals surface area contributed by atoms with Crippen molar-refractivity contribution < 1.29 is 5.11 Å². The molecule has 132 valence electrons. The van der Waals surface area contributed by atoms with Crippen LogP contribution in [0.25, 0.3) is 5.57 Å². The predicted molar refractivity (Wildman–Crippen MR) is 105 cm³/mol. The van der Waals surface area contributed by atoms with Crippen molar-refractivity contribution >= 4 is 23.4 Å².